The van der Waals surface area contributed by atoms with Crippen LogP contribution in [-0.4, -0.2) is 41.8 Å². The van der Waals surface area contributed by atoms with E-state index in [9.17, 15) is 4.79 Å². The van der Waals surface area contributed by atoms with Crippen LogP contribution in [0.4, 0.5) is 0 Å². The molecule has 1 fully saturated rings. The molecule has 2 aliphatic heterocycles. The molecule has 28 heavy (non-hydrogen) atoms. The van der Waals surface area contributed by atoms with Crippen LogP contribution >= 0.6 is 0 Å². The van der Waals surface area contributed by atoms with Crippen molar-refractivity contribution in [3.63, 3.8) is 0 Å². The van der Waals surface area contributed by atoms with Gasteiger partial charge in [-0.15, -0.1) is 0 Å². The van der Waals surface area contributed by atoms with Crippen molar-refractivity contribution in [3.05, 3.63) is 59.2 Å². The van der Waals surface area contributed by atoms with Crippen molar-refractivity contribution < 1.29 is 19.5 Å². The standard InChI is InChI=1S/C22H26N2O4/c1-27-19-6-2-16(3-7-19)15-24-12-10-22(11-13-24)9-8-17-4-5-18(21(25)23-26)14-20(17)28-22/h2-7,14,26H,8-13,15H2,1H3,(H,23,25). The molecule has 1 amide bonds. The van der Waals surface area contributed by atoms with Crippen molar-refractivity contribution in [2.45, 2.75) is 37.8 Å². The third kappa shape index (κ3) is 3.84. The van der Waals surface area contributed by atoms with Crippen molar-refractivity contribution in [1.29, 1.82) is 0 Å². The van der Waals surface area contributed by atoms with Crippen LogP contribution in [-0.2, 0) is 13.0 Å². The largest absolute Gasteiger partial charge is 0.497 e. The fourth-order valence-corrected chi connectivity index (χ4v) is 4.17. The van der Waals surface area contributed by atoms with Gasteiger partial charge in [0.25, 0.3) is 5.91 Å². The number of carbonyl (C=O) groups excluding carboxylic acids is 1. The number of benzene rings is 2. The van der Waals surface area contributed by atoms with Gasteiger partial charge in [-0.25, -0.2) is 5.48 Å². The number of nitrogens with zero attached hydrogens (tertiary/aromatic N) is 1. The Balaban J connectivity index is 1.39. The molecule has 4 rings (SSSR count). The lowest BCUT2D eigenvalue weighted by Gasteiger charge is -2.44. The molecule has 0 radical (unpaired) electrons. The van der Waals surface area contributed by atoms with Crippen molar-refractivity contribution in [1.82, 2.24) is 10.4 Å². The zero-order valence-corrected chi connectivity index (χ0v) is 16.1. The summed E-state index contributed by atoms with van der Waals surface area (Å²) in [6.07, 6.45) is 3.90. The molecule has 1 saturated heterocycles. The number of fused-ring (bicyclic) bond motifs is 1. The maximum atomic E-state index is 11.7. The molecule has 2 aliphatic rings. The minimum absolute atomic E-state index is 0.155. The van der Waals surface area contributed by atoms with Crippen LogP contribution in [0.3, 0.4) is 0 Å². The first-order chi connectivity index (χ1) is 13.6. The highest BCUT2D eigenvalue weighted by molar-refractivity contribution is 5.93. The minimum Gasteiger partial charge on any atom is -0.497 e. The van der Waals surface area contributed by atoms with Gasteiger partial charge in [0.2, 0.25) is 0 Å². The summed E-state index contributed by atoms with van der Waals surface area (Å²) in [6, 6.07) is 13.6. The number of methoxy groups -OCH3 is 1. The van der Waals surface area contributed by atoms with Crippen LogP contribution in [0.5, 0.6) is 11.5 Å². The molecule has 6 nitrogen and oxygen atoms in total. The Morgan fingerprint density at radius 1 is 1.18 bits per heavy atom. The number of nitrogens with one attached hydrogen (secondary N) is 1. The molecular formula is C22H26N2O4. The Morgan fingerprint density at radius 2 is 1.93 bits per heavy atom. The average Bonchev–Trinajstić information content (AvgIpc) is 2.75. The van der Waals surface area contributed by atoms with Crippen LogP contribution < -0.4 is 15.0 Å². The highest BCUT2D eigenvalue weighted by Crippen LogP contribution is 2.40. The number of carbonyl (C=O) groups is 1. The number of piperidine rings is 1. The Labute approximate surface area is 165 Å². The molecule has 0 unspecified atom stereocenters. The normalized spacial score (nSPS) is 18.2. The van der Waals surface area contributed by atoms with E-state index in [0.717, 1.165) is 62.4 Å². The van der Waals surface area contributed by atoms with Crippen LogP contribution in [0.1, 0.15) is 40.7 Å². The van der Waals surface area contributed by atoms with Crippen LogP contribution in [0, 0.1) is 0 Å². The second kappa shape index (κ2) is 7.81. The molecule has 2 N–H and O–H groups in total. The van der Waals surface area contributed by atoms with Gasteiger partial charge in [0, 0.05) is 25.2 Å². The predicted molar refractivity (Wildman–Crippen MR) is 105 cm³/mol. The number of hydroxylamine groups is 1. The third-order valence-electron chi connectivity index (χ3n) is 5.94. The topological polar surface area (TPSA) is 71.0 Å². The van der Waals surface area contributed by atoms with E-state index in [1.165, 1.54) is 5.56 Å². The molecule has 2 heterocycles. The summed E-state index contributed by atoms with van der Waals surface area (Å²) in [7, 11) is 1.68. The van der Waals surface area contributed by atoms with Gasteiger partial charge >= 0.3 is 0 Å². The zero-order chi connectivity index (χ0) is 19.6. The first-order valence-corrected chi connectivity index (χ1v) is 9.72. The fourth-order valence-electron chi connectivity index (χ4n) is 4.17. The van der Waals surface area contributed by atoms with Gasteiger partial charge in [-0.2, -0.15) is 0 Å². The van der Waals surface area contributed by atoms with E-state index in [0.29, 0.717) is 5.56 Å². The van der Waals surface area contributed by atoms with E-state index >= 15 is 0 Å². The average molecular weight is 382 g/mol. The zero-order valence-electron chi connectivity index (χ0n) is 16.1. The smallest absolute Gasteiger partial charge is 0.274 e. The molecule has 2 aromatic carbocycles. The summed E-state index contributed by atoms with van der Waals surface area (Å²) >= 11 is 0. The number of ether oxygens (including phenoxy) is 2. The SMILES string of the molecule is COc1ccc(CN2CCC3(CCc4ccc(C(=O)NO)cc4O3)CC2)cc1. The second-order valence-corrected chi connectivity index (χ2v) is 7.67. The van der Waals surface area contributed by atoms with E-state index in [1.54, 1.807) is 24.7 Å². The van der Waals surface area contributed by atoms with Gasteiger partial charge < -0.3 is 9.47 Å². The Bertz CT molecular complexity index is 842. The summed E-state index contributed by atoms with van der Waals surface area (Å²) in [5, 5.41) is 8.86. The first kappa shape index (κ1) is 18.8. The minimum atomic E-state index is -0.514. The molecule has 0 atom stereocenters. The summed E-state index contributed by atoms with van der Waals surface area (Å²) in [4.78, 5) is 14.2. The van der Waals surface area contributed by atoms with E-state index in [2.05, 4.69) is 17.0 Å². The molecule has 0 aliphatic carbocycles. The van der Waals surface area contributed by atoms with E-state index in [1.807, 2.05) is 18.2 Å². The molecule has 1 spiro atoms. The van der Waals surface area contributed by atoms with E-state index in [-0.39, 0.29) is 5.60 Å². The van der Waals surface area contributed by atoms with Crippen LogP contribution in [0.15, 0.2) is 42.5 Å². The second-order valence-electron chi connectivity index (χ2n) is 7.67. The maximum Gasteiger partial charge on any atom is 0.274 e. The van der Waals surface area contributed by atoms with Crippen LogP contribution in [0.25, 0.3) is 0 Å². The molecule has 6 heteroatoms. The van der Waals surface area contributed by atoms with Gasteiger partial charge in [-0.3, -0.25) is 14.9 Å². The van der Waals surface area contributed by atoms with Gasteiger partial charge in [0.1, 0.15) is 17.1 Å². The lowest BCUT2D eigenvalue weighted by atomic mass is 9.83. The number of hydrogen-bond donors (Lipinski definition) is 2. The molecule has 148 valence electrons. The predicted octanol–water partition coefficient (Wildman–Crippen LogP) is 3.17. The van der Waals surface area contributed by atoms with E-state index < -0.39 is 5.91 Å². The Kier molecular flexibility index (Phi) is 5.24. The highest BCUT2D eigenvalue weighted by Gasteiger charge is 2.39. The summed E-state index contributed by atoms with van der Waals surface area (Å²) in [5.41, 5.74) is 4.35. The van der Waals surface area contributed by atoms with Crippen molar-refractivity contribution >= 4 is 5.91 Å². The first-order valence-electron chi connectivity index (χ1n) is 9.72. The van der Waals surface area contributed by atoms with E-state index in [4.69, 9.17) is 14.7 Å². The van der Waals surface area contributed by atoms with Crippen LogP contribution in [0.2, 0.25) is 0 Å². The van der Waals surface area contributed by atoms with Gasteiger partial charge in [0.05, 0.1) is 7.11 Å². The number of rotatable bonds is 4. The number of aryl methyl sites for hydroxylation is 1. The fraction of sp³-hybridized carbons (Fsp3) is 0.409. The number of amides is 1. The van der Waals surface area contributed by atoms with Crippen molar-refractivity contribution in [2.24, 2.45) is 0 Å². The van der Waals surface area contributed by atoms with Gasteiger partial charge in [-0.1, -0.05) is 18.2 Å². The maximum absolute atomic E-state index is 11.7. The monoisotopic (exact) mass is 382 g/mol. The Morgan fingerprint density at radius 3 is 2.61 bits per heavy atom. The quantitative estimate of drug-likeness (QED) is 0.628. The summed E-state index contributed by atoms with van der Waals surface area (Å²) < 4.78 is 11.6. The Hall–Kier alpha value is -2.57. The summed E-state index contributed by atoms with van der Waals surface area (Å²) in [5.74, 6) is 1.14. The molecular weight excluding hydrogens is 356 g/mol. The van der Waals surface area contributed by atoms with Crippen molar-refractivity contribution in [2.75, 3.05) is 20.2 Å². The molecule has 0 saturated carbocycles. The molecule has 0 bridgehead atoms. The number of likely N-dealkylation sites (tertiary alicyclic amines) is 1. The lowest BCUT2D eigenvalue weighted by molar-refractivity contribution is -0.0164. The molecule has 2 aromatic rings. The van der Waals surface area contributed by atoms with Gasteiger partial charge in [0.15, 0.2) is 0 Å². The van der Waals surface area contributed by atoms with Gasteiger partial charge in [-0.05, 0) is 61.1 Å². The molecule has 0 aromatic heterocycles. The highest BCUT2D eigenvalue weighted by atomic mass is 16.5. The van der Waals surface area contributed by atoms with Crippen molar-refractivity contribution in [3.8, 4) is 11.5 Å². The third-order valence-corrected chi connectivity index (χ3v) is 5.94. The number of hydrogen-bond acceptors (Lipinski definition) is 5. The summed E-state index contributed by atoms with van der Waals surface area (Å²) in [6.45, 7) is 2.90. The lowest BCUT2D eigenvalue weighted by Crippen LogP contribution is -2.49.